The fourth-order valence-corrected chi connectivity index (χ4v) is 3.41. The molecule has 0 bridgehead atoms. The van der Waals surface area contributed by atoms with Crippen molar-refractivity contribution in [1.82, 2.24) is 4.90 Å². The Morgan fingerprint density at radius 1 is 0.952 bits per heavy atom. The summed E-state index contributed by atoms with van der Waals surface area (Å²) in [5.74, 6) is 0.633. The molecule has 0 aliphatic carbocycles. The molecule has 1 heterocycles. The number of hydrogen-bond donors (Lipinski definition) is 1. The lowest BCUT2D eigenvalue weighted by Gasteiger charge is -2.38. The lowest BCUT2D eigenvalue weighted by atomic mass is 9.91. The van der Waals surface area contributed by atoms with E-state index >= 15 is 0 Å². The summed E-state index contributed by atoms with van der Waals surface area (Å²) in [7, 11) is 0. The molecule has 1 unspecified atom stereocenters. The molecule has 1 saturated heterocycles. The van der Waals surface area contributed by atoms with Gasteiger partial charge in [0.25, 0.3) is 0 Å². The van der Waals surface area contributed by atoms with E-state index in [9.17, 15) is 0 Å². The van der Waals surface area contributed by atoms with Crippen molar-refractivity contribution in [3.05, 3.63) is 71.8 Å². The molecule has 2 nitrogen and oxygen atoms in total. The fourth-order valence-electron chi connectivity index (χ4n) is 3.41. The van der Waals surface area contributed by atoms with Crippen LogP contribution < -0.4 is 5.73 Å². The minimum absolute atomic E-state index is 0.349. The minimum Gasteiger partial charge on any atom is -0.330 e. The predicted octanol–water partition coefficient (Wildman–Crippen LogP) is 3.45. The van der Waals surface area contributed by atoms with Crippen molar-refractivity contribution in [3.63, 3.8) is 0 Å². The number of benzene rings is 2. The Kier molecular flexibility index (Phi) is 4.69. The third-order valence-corrected chi connectivity index (χ3v) is 4.48. The van der Waals surface area contributed by atoms with Crippen LogP contribution in [0, 0.1) is 5.92 Å². The quantitative estimate of drug-likeness (QED) is 0.929. The van der Waals surface area contributed by atoms with Crippen LogP contribution in [0.5, 0.6) is 0 Å². The van der Waals surface area contributed by atoms with Gasteiger partial charge in [-0.25, -0.2) is 0 Å². The highest BCUT2D eigenvalue weighted by molar-refractivity contribution is 5.31. The first-order valence-electron chi connectivity index (χ1n) is 7.92. The molecule has 21 heavy (non-hydrogen) atoms. The number of nitrogens with two attached hydrogens (primary N) is 1. The number of rotatable bonds is 4. The monoisotopic (exact) mass is 280 g/mol. The number of likely N-dealkylation sites (tertiary alicyclic amines) is 1. The number of nitrogens with zero attached hydrogens (tertiary/aromatic N) is 1. The zero-order valence-electron chi connectivity index (χ0n) is 12.5. The van der Waals surface area contributed by atoms with Gasteiger partial charge in [0.2, 0.25) is 0 Å². The maximum Gasteiger partial charge on any atom is 0.0601 e. The Hall–Kier alpha value is -1.64. The summed E-state index contributed by atoms with van der Waals surface area (Å²) in [5.41, 5.74) is 8.67. The van der Waals surface area contributed by atoms with Gasteiger partial charge in [0, 0.05) is 6.54 Å². The summed E-state index contributed by atoms with van der Waals surface area (Å²) >= 11 is 0. The van der Waals surface area contributed by atoms with Crippen molar-refractivity contribution in [2.45, 2.75) is 18.9 Å². The largest absolute Gasteiger partial charge is 0.330 e. The van der Waals surface area contributed by atoms with Crippen LogP contribution >= 0.6 is 0 Å². The van der Waals surface area contributed by atoms with Crippen LogP contribution in [-0.4, -0.2) is 24.5 Å². The molecule has 1 fully saturated rings. The van der Waals surface area contributed by atoms with Crippen molar-refractivity contribution < 1.29 is 0 Å². The SMILES string of the molecule is NCC1CCCN(C(c2ccccc2)c2ccccc2)C1. The van der Waals surface area contributed by atoms with E-state index in [1.165, 1.54) is 24.0 Å². The third kappa shape index (κ3) is 3.34. The van der Waals surface area contributed by atoms with Gasteiger partial charge in [-0.05, 0) is 43.0 Å². The second-order valence-electron chi connectivity index (χ2n) is 5.96. The van der Waals surface area contributed by atoms with Crippen LogP contribution in [0.3, 0.4) is 0 Å². The summed E-state index contributed by atoms with van der Waals surface area (Å²) in [5, 5.41) is 0. The Morgan fingerprint density at radius 2 is 1.52 bits per heavy atom. The van der Waals surface area contributed by atoms with Crippen molar-refractivity contribution in [2.75, 3.05) is 19.6 Å². The van der Waals surface area contributed by atoms with Crippen LogP contribution in [0.15, 0.2) is 60.7 Å². The van der Waals surface area contributed by atoms with Crippen LogP contribution in [0.25, 0.3) is 0 Å². The first-order chi connectivity index (χ1) is 10.4. The molecule has 1 aliphatic rings. The molecule has 0 saturated carbocycles. The van der Waals surface area contributed by atoms with E-state index in [1.807, 2.05) is 0 Å². The van der Waals surface area contributed by atoms with Gasteiger partial charge in [-0.1, -0.05) is 60.7 Å². The first kappa shape index (κ1) is 14.3. The highest BCUT2D eigenvalue weighted by Crippen LogP contribution is 2.32. The van der Waals surface area contributed by atoms with E-state index < -0.39 is 0 Å². The maximum absolute atomic E-state index is 5.92. The normalized spacial score (nSPS) is 19.8. The van der Waals surface area contributed by atoms with Gasteiger partial charge >= 0.3 is 0 Å². The van der Waals surface area contributed by atoms with Crippen LogP contribution in [0.1, 0.15) is 30.0 Å². The second kappa shape index (κ2) is 6.88. The summed E-state index contributed by atoms with van der Waals surface area (Å²) in [6.45, 7) is 3.06. The topological polar surface area (TPSA) is 29.3 Å². The smallest absolute Gasteiger partial charge is 0.0601 e. The van der Waals surface area contributed by atoms with Gasteiger partial charge in [-0.2, -0.15) is 0 Å². The Balaban J connectivity index is 1.93. The summed E-state index contributed by atoms with van der Waals surface area (Å²) in [6.07, 6.45) is 2.52. The zero-order chi connectivity index (χ0) is 14.5. The standard InChI is InChI=1S/C19H24N2/c20-14-16-8-7-13-21(15-16)19(17-9-3-1-4-10-17)18-11-5-2-6-12-18/h1-6,9-12,16,19H,7-8,13-15,20H2. The van der Waals surface area contributed by atoms with Crippen molar-refractivity contribution in [1.29, 1.82) is 0 Å². The summed E-state index contributed by atoms with van der Waals surface area (Å²) in [6, 6.07) is 22.0. The zero-order valence-corrected chi connectivity index (χ0v) is 12.5. The average Bonchev–Trinajstić information content (AvgIpc) is 2.57. The highest BCUT2D eigenvalue weighted by Gasteiger charge is 2.27. The van der Waals surface area contributed by atoms with Gasteiger partial charge in [0.1, 0.15) is 0 Å². The van der Waals surface area contributed by atoms with Crippen molar-refractivity contribution in [2.24, 2.45) is 11.7 Å². The maximum atomic E-state index is 5.92. The molecule has 110 valence electrons. The summed E-state index contributed by atoms with van der Waals surface area (Å²) < 4.78 is 0. The molecule has 2 aromatic carbocycles. The van der Waals surface area contributed by atoms with Crippen molar-refractivity contribution in [3.8, 4) is 0 Å². The molecule has 3 rings (SSSR count). The highest BCUT2D eigenvalue weighted by atomic mass is 15.2. The molecular formula is C19H24N2. The molecule has 1 atom stereocenters. The predicted molar refractivity (Wildman–Crippen MR) is 88.1 cm³/mol. The van der Waals surface area contributed by atoms with E-state index in [1.54, 1.807) is 0 Å². The van der Waals surface area contributed by atoms with Gasteiger partial charge in [-0.3, -0.25) is 4.90 Å². The lowest BCUT2D eigenvalue weighted by Crippen LogP contribution is -2.41. The molecule has 2 heteroatoms. The van der Waals surface area contributed by atoms with Crippen LogP contribution in [0.2, 0.25) is 0 Å². The van der Waals surface area contributed by atoms with E-state index in [0.717, 1.165) is 19.6 Å². The van der Waals surface area contributed by atoms with Gasteiger partial charge in [0.15, 0.2) is 0 Å². The van der Waals surface area contributed by atoms with E-state index in [4.69, 9.17) is 5.73 Å². The van der Waals surface area contributed by atoms with Crippen LogP contribution in [-0.2, 0) is 0 Å². The fraction of sp³-hybridized carbons (Fsp3) is 0.368. The van der Waals surface area contributed by atoms with Crippen molar-refractivity contribution >= 4 is 0 Å². The number of hydrogen-bond acceptors (Lipinski definition) is 2. The molecule has 0 radical (unpaired) electrons. The molecule has 2 N–H and O–H groups in total. The van der Waals surface area contributed by atoms with Gasteiger partial charge < -0.3 is 5.73 Å². The molecule has 0 spiro atoms. The molecule has 0 amide bonds. The Morgan fingerprint density at radius 3 is 2.05 bits per heavy atom. The lowest BCUT2D eigenvalue weighted by molar-refractivity contribution is 0.144. The van der Waals surface area contributed by atoms with Gasteiger partial charge in [-0.15, -0.1) is 0 Å². The third-order valence-electron chi connectivity index (χ3n) is 4.48. The average molecular weight is 280 g/mol. The molecule has 0 aromatic heterocycles. The Bertz CT molecular complexity index is 499. The molecule has 2 aromatic rings. The van der Waals surface area contributed by atoms with E-state index in [0.29, 0.717) is 12.0 Å². The van der Waals surface area contributed by atoms with Crippen LogP contribution in [0.4, 0.5) is 0 Å². The van der Waals surface area contributed by atoms with E-state index in [-0.39, 0.29) is 0 Å². The Labute approximate surface area is 127 Å². The summed E-state index contributed by atoms with van der Waals surface area (Å²) in [4.78, 5) is 2.60. The molecule has 1 aliphatic heterocycles. The molecular weight excluding hydrogens is 256 g/mol. The first-order valence-corrected chi connectivity index (χ1v) is 7.92. The van der Waals surface area contributed by atoms with Gasteiger partial charge in [0.05, 0.1) is 6.04 Å². The minimum atomic E-state index is 0.349. The van der Waals surface area contributed by atoms with E-state index in [2.05, 4.69) is 65.6 Å². The second-order valence-corrected chi connectivity index (χ2v) is 5.96. The number of piperidine rings is 1.